The highest BCUT2D eigenvalue weighted by atomic mass is 32.1. The zero-order valence-corrected chi connectivity index (χ0v) is 12.3. The molecule has 0 spiro atoms. The first-order valence-corrected chi connectivity index (χ1v) is 8.20. The van der Waals surface area contributed by atoms with E-state index in [1.807, 2.05) is 18.4 Å². The van der Waals surface area contributed by atoms with E-state index in [4.69, 9.17) is 0 Å². The summed E-state index contributed by atoms with van der Waals surface area (Å²) in [7, 11) is 0. The van der Waals surface area contributed by atoms with Crippen molar-refractivity contribution in [2.45, 2.75) is 38.6 Å². The molecule has 3 nitrogen and oxygen atoms in total. The van der Waals surface area contributed by atoms with Crippen molar-refractivity contribution in [1.29, 1.82) is 0 Å². The Morgan fingerprint density at radius 2 is 2.32 bits per heavy atom. The molecule has 1 aromatic rings. The van der Waals surface area contributed by atoms with E-state index in [1.165, 1.54) is 19.3 Å². The molecular formula is C15H22N2OS. The van der Waals surface area contributed by atoms with Gasteiger partial charge in [-0.3, -0.25) is 4.79 Å². The molecule has 2 saturated heterocycles. The van der Waals surface area contributed by atoms with Crippen LogP contribution in [0.4, 0.5) is 0 Å². The number of rotatable bonds is 2. The summed E-state index contributed by atoms with van der Waals surface area (Å²) >= 11 is 1.58. The lowest BCUT2D eigenvalue weighted by Gasteiger charge is -2.35. The number of nitrogens with one attached hydrogen (secondary N) is 1. The van der Waals surface area contributed by atoms with Gasteiger partial charge in [-0.2, -0.15) is 0 Å². The third-order valence-electron chi connectivity index (χ3n) is 4.47. The second-order valence-corrected chi connectivity index (χ2v) is 6.71. The van der Waals surface area contributed by atoms with Gasteiger partial charge in [0.1, 0.15) is 0 Å². The van der Waals surface area contributed by atoms with E-state index in [9.17, 15) is 4.79 Å². The average molecular weight is 278 g/mol. The van der Waals surface area contributed by atoms with Crippen molar-refractivity contribution in [3.63, 3.8) is 0 Å². The molecule has 0 saturated carbocycles. The second kappa shape index (κ2) is 5.63. The van der Waals surface area contributed by atoms with Gasteiger partial charge in [-0.25, -0.2) is 0 Å². The summed E-state index contributed by atoms with van der Waals surface area (Å²) in [5.41, 5.74) is 1.12. The van der Waals surface area contributed by atoms with E-state index < -0.39 is 0 Å². The van der Waals surface area contributed by atoms with Gasteiger partial charge in [0.15, 0.2) is 0 Å². The number of aryl methyl sites for hydroxylation is 1. The van der Waals surface area contributed by atoms with Crippen molar-refractivity contribution in [3.05, 3.63) is 21.9 Å². The van der Waals surface area contributed by atoms with Crippen LogP contribution in [-0.2, 0) is 0 Å². The molecule has 0 radical (unpaired) electrons. The number of hydrogen-bond donors (Lipinski definition) is 1. The highest BCUT2D eigenvalue weighted by Crippen LogP contribution is 2.27. The predicted molar refractivity (Wildman–Crippen MR) is 78.7 cm³/mol. The topological polar surface area (TPSA) is 32.3 Å². The van der Waals surface area contributed by atoms with Gasteiger partial charge in [-0.15, -0.1) is 11.3 Å². The lowest BCUT2D eigenvalue weighted by molar-refractivity contribution is 0.0655. The smallest absolute Gasteiger partial charge is 0.264 e. The van der Waals surface area contributed by atoms with Gasteiger partial charge in [0.2, 0.25) is 0 Å². The molecule has 1 N–H and O–H groups in total. The quantitative estimate of drug-likeness (QED) is 0.902. The standard InChI is InChI=1S/C15H22N2OS/c1-11-6-9-19-14(11)15(18)17-8-3-4-12(10-17)13-5-2-7-16-13/h6,9,12-13,16H,2-5,7-8,10H2,1H3. The molecule has 4 heteroatoms. The molecule has 2 aliphatic heterocycles. The van der Waals surface area contributed by atoms with Crippen LogP contribution in [0.5, 0.6) is 0 Å². The van der Waals surface area contributed by atoms with E-state index >= 15 is 0 Å². The summed E-state index contributed by atoms with van der Waals surface area (Å²) in [6, 6.07) is 2.68. The molecule has 2 aliphatic rings. The summed E-state index contributed by atoms with van der Waals surface area (Å²) in [6.07, 6.45) is 4.99. The zero-order valence-electron chi connectivity index (χ0n) is 11.5. The normalized spacial score (nSPS) is 27.7. The molecule has 19 heavy (non-hydrogen) atoms. The maximum atomic E-state index is 12.6. The Labute approximate surface area is 119 Å². The van der Waals surface area contributed by atoms with E-state index in [1.54, 1.807) is 11.3 Å². The largest absolute Gasteiger partial charge is 0.338 e. The lowest BCUT2D eigenvalue weighted by atomic mass is 9.89. The Morgan fingerprint density at radius 3 is 3.00 bits per heavy atom. The van der Waals surface area contributed by atoms with Crippen LogP contribution in [0.25, 0.3) is 0 Å². The van der Waals surface area contributed by atoms with Crippen LogP contribution in [0, 0.1) is 12.8 Å². The summed E-state index contributed by atoms with van der Waals surface area (Å²) in [5.74, 6) is 0.899. The number of carbonyl (C=O) groups is 1. The van der Waals surface area contributed by atoms with E-state index in [2.05, 4.69) is 10.2 Å². The van der Waals surface area contributed by atoms with Crippen LogP contribution >= 0.6 is 11.3 Å². The highest BCUT2D eigenvalue weighted by molar-refractivity contribution is 7.12. The Balaban J connectivity index is 1.67. The van der Waals surface area contributed by atoms with Crippen molar-refractivity contribution in [2.24, 2.45) is 5.92 Å². The Bertz CT molecular complexity index is 451. The van der Waals surface area contributed by atoms with Crippen molar-refractivity contribution in [1.82, 2.24) is 10.2 Å². The first-order chi connectivity index (χ1) is 9.25. The van der Waals surface area contributed by atoms with Crippen LogP contribution in [-0.4, -0.2) is 36.5 Å². The first-order valence-electron chi connectivity index (χ1n) is 7.32. The average Bonchev–Trinajstić information content (AvgIpc) is 3.09. The fourth-order valence-corrected chi connectivity index (χ4v) is 4.26. The Morgan fingerprint density at radius 1 is 1.42 bits per heavy atom. The van der Waals surface area contributed by atoms with Gasteiger partial charge in [0, 0.05) is 19.1 Å². The minimum absolute atomic E-state index is 0.246. The van der Waals surface area contributed by atoms with Gasteiger partial charge < -0.3 is 10.2 Å². The molecule has 0 bridgehead atoms. The van der Waals surface area contributed by atoms with E-state index in [0.717, 1.165) is 36.5 Å². The molecule has 1 aromatic heterocycles. The molecule has 2 atom stereocenters. The van der Waals surface area contributed by atoms with E-state index in [0.29, 0.717) is 12.0 Å². The fraction of sp³-hybridized carbons (Fsp3) is 0.667. The fourth-order valence-electron chi connectivity index (χ4n) is 3.37. The van der Waals surface area contributed by atoms with Gasteiger partial charge in [0.25, 0.3) is 5.91 Å². The molecule has 2 unspecified atom stereocenters. The van der Waals surface area contributed by atoms with Crippen molar-refractivity contribution in [3.8, 4) is 0 Å². The number of thiophene rings is 1. The second-order valence-electron chi connectivity index (χ2n) is 5.79. The van der Waals surface area contributed by atoms with Crippen LogP contribution in [0.1, 0.15) is 40.9 Å². The summed E-state index contributed by atoms with van der Waals surface area (Å²) < 4.78 is 0. The third-order valence-corrected chi connectivity index (χ3v) is 5.47. The molecule has 1 amide bonds. The summed E-state index contributed by atoms with van der Waals surface area (Å²) in [4.78, 5) is 15.6. The lowest BCUT2D eigenvalue weighted by Crippen LogP contribution is -2.45. The predicted octanol–water partition coefficient (Wildman–Crippen LogP) is 2.66. The van der Waals surface area contributed by atoms with Crippen LogP contribution < -0.4 is 5.32 Å². The number of nitrogens with zero attached hydrogens (tertiary/aromatic N) is 1. The number of likely N-dealkylation sites (tertiary alicyclic amines) is 1. The van der Waals surface area contributed by atoms with Gasteiger partial charge in [0.05, 0.1) is 4.88 Å². The molecule has 0 aliphatic carbocycles. The highest BCUT2D eigenvalue weighted by Gasteiger charge is 2.31. The minimum atomic E-state index is 0.246. The van der Waals surface area contributed by atoms with Crippen molar-refractivity contribution >= 4 is 17.2 Å². The number of hydrogen-bond acceptors (Lipinski definition) is 3. The van der Waals surface area contributed by atoms with Crippen molar-refractivity contribution in [2.75, 3.05) is 19.6 Å². The van der Waals surface area contributed by atoms with Crippen LogP contribution in [0.3, 0.4) is 0 Å². The summed E-state index contributed by atoms with van der Waals surface area (Å²) in [5, 5.41) is 5.61. The van der Waals surface area contributed by atoms with Crippen LogP contribution in [0.15, 0.2) is 11.4 Å². The third kappa shape index (κ3) is 2.70. The summed E-state index contributed by atoms with van der Waals surface area (Å²) in [6.45, 7) is 5.05. The molecule has 2 fully saturated rings. The monoisotopic (exact) mass is 278 g/mol. The number of amides is 1. The van der Waals surface area contributed by atoms with Gasteiger partial charge in [-0.1, -0.05) is 0 Å². The maximum Gasteiger partial charge on any atom is 0.264 e. The molecule has 0 aromatic carbocycles. The number of piperidine rings is 1. The minimum Gasteiger partial charge on any atom is -0.338 e. The van der Waals surface area contributed by atoms with Gasteiger partial charge >= 0.3 is 0 Å². The Hall–Kier alpha value is -0.870. The number of carbonyl (C=O) groups excluding carboxylic acids is 1. The molecule has 104 valence electrons. The molecular weight excluding hydrogens is 256 g/mol. The van der Waals surface area contributed by atoms with Crippen molar-refractivity contribution < 1.29 is 4.79 Å². The van der Waals surface area contributed by atoms with Gasteiger partial charge in [-0.05, 0) is 62.1 Å². The first kappa shape index (κ1) is 13.1. The van der Waals surface area contributed by atoms with E-state index in [-0.39, 0.29) is 5.91 Å². The van der Waals surface area contributed by atoms with Crippen LogP contribution in [0.2, 0.25) is 0 Å². The Kier molecular flexibility index (Phi) is 3.89. The molecule has 3 heterocycles. The maximum absolute atomic E-state index is 12.6. The zero-order chi connectivity index (χ0) is 13.2. The SMILES string of the molecule is Cc1ccsc1C(=O)N1CCCC(C2CCCN2)C1. The molecule has 3 rings (SSSR count).